The summed E-state index contributed by atoms with van der Waals surface area (Å²) in [7, 11) is 0. The van der Waals surface area contributed by atoms with E-state index in [0.717, 1.165) is 6.54 Å². The Balaban J connectivity index is 1.79. The van der Waals surface area contributed by atoms with E-state index in [1.54, 1.807) is 12.5 Å². The van der Waals surface area contributed by atoms with Gasteiger partial charge in [-0.1, -0.05) is 6.92 Å². The summed E-state index contributed by atoms with van der Waals surface area (Å²) < 4.78 is 5.01. The average Bonchev–Trinajstić information content (AvgIpc) is 2.70. The molecule has 0 saturated heterocycles. The smallest absolute Gasteiger partial charge is 0.0947 e. The van der Waals surface area contributed by atoms with Crippen molar-refractivity contribution in [3.05, 3.63) is 24.2 Å². The standard InChI is InChI=1S/C11H17NO/c1-9(11(2)4-5-11)12-7-10-3-6-13-8-10/h3,6,8-9,12H,4-5,7H2,1-2H3. The molecule has 1 N–H and O–H groups in total. The van der Waals surface area contributed by atoms with Crippen LogP contribution in [0.25, 0.3) is 0 Å². The van der Waals surface area contributed by atoms with E-state index in [4.69, 9.17) is 4.42 Å². The zero-order valence-corrected chi connectivity index (χ0v) is 8.34. The molecule has 1 heterocycles. The highest BCUT2D eigenvalue weighted by atomic mass is 16.3. The van der Waals surface area contributed by atoms with E-state index in [0.29, 0.717) is 11.5 Å². The first-order valence-corrected chi connectivity index (χ1v) is 4.95. The van der Waals surface area contributed by atoms with E-state index in [1.807, 2.05) is 6.07 Å². The monoisotopic (exact) mass is 179 g/mol. The largest absolute Gasteiger partial charge is 0.472 e. The summed E-state index contributed by atoms with van der Waals surface area (Å²) in [6.07, 6.45) is 6.26. The Morgan fingerprint density at radius 2 is 2.38 bits per heavy atom. The summed E-state index contributed by atoms with van der Waals surface area (Å²) in [5.74, 6) is 0. The quantitative estimate of drug-likeness (QED) is 0.768. The summed E-state index contributed by atoms with van der Waals surface area (Å²) in [6, 6.07) is 2.62. The van der Waals surface area contributed by atoms with Crippen molar-refractivity contribution in [3.8, 4) is 0 Å². The van der Waals surface area contributed by atoms with Crippen molar-refractivity contribution in [3.63, 3.8) is 0 Å². The van der Waals surface area contributed by atoms with Gasteiger partial charge in [0.1, 0.15) is 0 Å². The van der Waals surface area contributed by atoms with E-state index in [1.165, 1.54) is 18.4 Å². The van der Waals surface area contributed by atoms with Crippen molar-refractivity contribution in [2.24, 2.45) is 5.41 Å². The Morgan fingerprint density at radius 3 is 2.92 bits per heavy atom. The summed E-state index contributed by atoms with van der Waals surface area (Å²) in [5.41, 5.74) is 1.79. The topological polar surface area (TPSA) is 25.2 Å². The van der Waals surface area contributed by atoms with E-state index in [-0.39, 0.29) is 0 Å². The molecule has 1 aliphatic rings. The molecular weight excluding hydrogens is 162 g/mol. The Labute approximate surface area is 79.3 Å². The Morgan fingerprint density at radius 1 is 1.62 bits per heavy atom. The molecule has 72 valence electrons. The zero-order valence-electron chi connectivity index (χ0n) is 8.34. The SMILES string of the molecule is CC(NCc1ccoc1)C1(C)CC1. The molecule has 1 aromatic rings. The van der Waals surface area contributed by atoms with Crippen LogP contribution >= 0.6 is 0 Å². The van der Waals surface area contributed by atoms with Crippen LogP contribution < -0.4 is 5.32 Å². The lowest BCUT2D eigenvalue weighted by Gasteiger charge is -2.19. The van der Waals surface area contributed by atoms with Crippen LogP contribution in [0.2, 0.25) is 0 Å². The molecule has 0 bridgehead atoms. The molecular formula is C11H17NO. The number of hydrogen-bond donors (Lipinski definition) is 1. The highest BCUT2D eigenvalue weighted by molar-refractivity contribution is 5.06. The third kappa shape index (κ3) is 1.94. The molecule has 0 aromatic carbocycles. The predicted octanol–water partition coefficient (Wildman–Crippen LogP) is 2.56. The van der Waals surface area contributed by atoms with Crippen LogP contribution in [-0.4, -0.2) is 6.04 Å². The van der Waals surface area contributed by atoms with Gasteiger partial charge in [0.15, 0.2) is 0 Å². The molecule has 1 aliphatic carbocycles. The maximum atomic E-state index is 5.01. The zero-order chi connectivity index (χ0) is 9.31. The minimum absolute atomic E-state index is 0.559. The Bertz CT molecular complexity index is 262. The number of nitrogens with one attached hydrogen (secondary N) is 1. The van der Waals surface area contributed by atoms with E-state index < -0.39 is 0 Å². The summed E-state index contributed by atoms with van der Waals surface area (Å²) in [5, 5.41) is 3.53. The first-order chi connectivity index (χ1) is 6.21. The molecule has 1 unspecified atom stereocenters. The van der Waals surface area contributed by atoms with Crippen LogP contribution in [0.5, 0.6) is 0 Å². The molecule has 0 radical (unpaired) electrons. The van der Waals surface area contributed by atoms with Gasteiger partial charge in [-0.25, -0.2) is 0 Å². The fraction of sp³-hybridized carbons (Fsp3) is 0.636. The normalized spacial score (nSPS) is 21.4. The maximum absolute atomic E-state index is 5.01. The van der Waals surface area contributed by atoms with Gasteiger partial charge in [-0.3, -0.25) is 0 Å². The van der Waals surface area contributed by atoms with E-state index in [9.17, 15) is 0 Å². The van der Waals surface area contributed by atoms with Gasteiger partial charge in [0, 0.05) is 18.2 Å². The Kier molecular flexibility index (Phi) is 2.16. The fourth-order valence-electron chi connectivity index (χ4n) is 1.54. The van der Waals surface area contributed by atoms with Gasteiger partial charge in [-0.15, -0.1) is 0 Å². The first-order valence-electron chi connectivity index (χ1n) is 4.95. The van der Waals surface area contributed by atoms with Crippen LogP contribution in [0.4, 0.5) is 0 Å². The molecule has 2 rings (SSSR count). The molecule has 2 heteroatoms. The van der Waals surface area contributed by atoms with Crippen molar-refractivity contribution in [1.29, 1.82) is 0 Å². The van der Waals surface area contributed by atoms with Gasteiger partial charge in [-0.05, 0) is 31.2 Å². The fourth-order valence-corrected chi connectivity index (χ4v) is 1.54. The predicted molar refractivity (Wildman–Crippen MR) is 52.4 cm³/mol. The summed E-state index contributed by atoms with van der Waals surface area (Å²) >= 11 is 0. The molecule has 1 aromatic heterocycles. The van der Waals surface area contributed by atoms with Crippen molar-refractivity contribution in [2.75, 3.05) is 0 Å². The van der Waals surface area contributed by atoms with E-state index >= 15 is 0 Å². The molecule has 13 heavy (non-hydrogen) atoms. The number of rotatable bonds is 4. The highest BCUT2D eigenvalue weighted by Gasteiger charge is 2.42. The van der Waals surface area contributed by atoms with E-state index in [2.05, 4.69) is 19.2 Å². The second-order valence-corrected chi connectivity index (χ2v) is 4.39. The van der Waals surface area contributed by atoms with Gasteiger partial charge < -0.3 is 9.73 Å². The van der Waals surface area contributed by atoms with Crippen LogP contribution in [0.3, 0.4) is 0 Å². The second-order valence-electron chi connectivity index (χ2n) is 4.39. The molecule has 0 amide bonds. The third-order valence-electron chi connectivity index (χ3n) is 3.28. The van der Waals surface area contributed by atoms with Gasteiger partial charge >= 0.3 is 0 Å². The third-order valence-corrected chi connectivity index (χ3v) is 3.28. The van der Waals surface area contributed by atoms with Crippen LogP contribution in [0, 0.1) is 5.41 Å². The lowest BCUT2D eigenvalue weighted by molar-refractivity contribution is 0.379. The number of furan rings is 1. The number of hydrogen-bond acceptors (Lipinski definition) is 2. The maximum Gasteiger partial charge on any atom is 0.0947 e. The minimum Gasteiger partial charge on any atom is -0.472 e. The highest BCUT2D eigenvalue weighted by Crippen LogP contribution is 2.47. The van der Waals surface area contributed by atoms with Crippen molar-refractivity contribution >= 4 is 0 Å². The molecule has 1 fully saturated rings. The molecule has 2 nitrogen and oxygen atoms in total. The summed E-state index contributed by atoms with van der Waals surface area (Å²) in [4.78, 5) is 0. The van der Waals surface area contributed by atoms with Crippen molar-refractivity contribution < 1.29 is 4.42 Å². The van der Waals surface area contributed by atoms with Crippen LogP contribution in [0.15, 0.2) is 23.0 Å². The summed E-state index contributed by atoms with van der Waals surface area (Å²) in [6.45, 7) is 5.54. The molecule has 1 saturated carbocycles. The molecule has 0 aliphatic heterocycles. The van der Waals surface area contributed by atoms with Gasteiger partial charge in [-0.2, -0.15) is 0 Å². The lowest BCUT2D eigenvalue weighted by Crippen LogP contribution is -2.32. The van der Waals surface area contributed by atoms with Gasteiger partial charge in [0.25, 0.3) is 0 Å². The van der Waals surface area contributed by atoms with Crippen molar-refractivity contribution in [1.82, 2.24) is 5.32 Å². The Hall–Kier alpha value is -0.760. The minimum atomic E-state index is 0.559. The molecule has 0 spiro atoms. The first kappa shape index (κ1) is 8.82. The second kappa shape index (κ2) is 3.18. The van der Waals surface area contributed by atoms with Gasteiger partial charge in [0.2, 0.25) is 0 Å². The van der Waals surface area contributed by atoms with Gasteiger partial charge in [0.05, 0.1) is 12.5 Å². The van der Waals surface area contributed by atoms with Crippen LogP contribution in [0.1, 0.15) is 32.3 Å². The lowest BCUT2D eigenvalue weighted by atomic mass is 10.0. The van der Waals surface area contributed by atoms with Crippen LogP contribution in [-0.2, 0) is 6.54 Å². The average molecular weight is 179 g/mol. The van der Waals surface area contributed by atoms with Crippen molar-refractivity contribution in [2.45, 2.75) is 39.3 Å². The molecule has 1 atom stereocenters.